The van der Waals surface area contributed by atoms with Gasteiger partial charge in [0.1, 0.15) is 5.82 Å². The van der Waals surface area contributed by atoms with E-state index in [4.69, 9.17) is 16.4 Å². The molecule has 1 fully saturated rings. The number of hydrogen-bond donors (Lipinski definition) is 0. The molecule has 2 aromatic rings. The number of amides is 1. The molecule has 6 heteroatoms. The Labute approximate surface area is 162 Å². The van der Waals surface area contributed by atoms with E-state index >= 15 is 0 Å². The van der Waals surface area contributed by atoms with Gasteiger partial charge in [0, 0.05) is 29.5 Å². The second-order valence-corrected chi connectivity index (χ2v) is 7.47. The number of carbonyl (C=O) groups is 1. The van der Waals surface area contributed by atoms with Gasteiger partial charge >= 0.3 is 0 Å². The fraction of sp³-hybridized carbons (Fsp3) is 0.333. The monoisotopic (exact) mass is 386 g/mol. The third-order valence-corrected chi connectivity index (χ3v) is 5.24. The van der Waals surface area contributed by atoms with Crippen molar-refractivity contribution in [2.24, 2.45) is 11.1 Å². The Morgan fingerprint density at radius 1 is 1.22 bits per heavy atom. The van der Waals surface area contributed by atoms with Crippen LogP contribution in [0.3, 0.4) is 0 Å². The van der Waals surface area contributed by atoms with Crippen molar-refractivity contribution in [2.75, 3.05) is 6.54 Å². The van der Waals surface area contributed by atoms with Gasteiger partial charge in [0.15, 0.2) is 6.10 Å². The van der Waals surface area contributed by atoms with Crippen molar-refractivity contribution in [1.82, 2.24) is 4.90 Å². The van der Waals surface area contributed by atoms with Gasteiger partial charge in [-0.25, -0.2) is 4.39 Å². The zero-order valence-corrected chi connectivity index (χ0v) is 15.5. The second-order valence-electron chi connectivity index (χ2n) is 7.06. The molecule has 1 aliphatic heterocycles. The highest BCUT2D eigenvalue weighted by Gasteiger charge is 2.35. The predicted octanol–water partition coefficient (Wildman–Crippen LogP) is 4.41. The van der Waals surface area contributed by atoms with E-state index in [1.54, 1.807) is 6.07 Å². The lowest BCUT2D eigenvalue weighted by molar-refractivity contribution is -0.135. The van der Waals surface area contributed by atoms with Crippen molar-refractivity contribution in [3.05, 3.63) is 70.5 Å². The lowest BCUT2D eigenvalue weighted by atomic mass is 10.0. The topological polar surface area (TPSA) is 41.9 Å². The van der Waals surface area contributed by atoms with E-state index in [1.165, 1.54) is 12.1 Å². The second kappa shape index (κ2) is 7.69. The van der Waals surface area contributed by atoms with Crippen LogP contribution in [0.2, 0.25) is 5.02 Å². The summed E-state index contributed by atoms with van der Waals surface area (Å²) in [6, 6.07) is 13.9. The third kappa shape index (κ3) is 4.30. The molecule has 0 spiro atoms. The average molecular weight is 387 g/mol. The summed E-state index contributed by atoms with van der Waals surface area (Å²) in [4.78, 5) is 20.1. The van der Waals surface area contributed by atoms with Crippen LogP contribution in [0, 0.1) is 11.7 Å². The SMILES string of the molecule is O=C(C1CC1)N(Cc1ccccc1Cl)C[C@H]1CC(c2cccc(F)c2)=NO1. The van der Waals surface area contributed by atoms with Crippen LogP contribution in [0.1, 0.15) is 30.4 Å². The molecule has 0 bridgehead atoms. The van der Waals surface area contributed by atoms with E-state index in [-0.39, 0.29) is 23.7 Å². The number of halogens is 2. The van der Waals surface area contributed by atoms with Crippen LogP contribution in [0.15, 0.2) is 53.7 Å². The molecule has 1 saturated carbocycles. The number of hydrogen-bond acceptors (Lipinski definition) is 3. The van der Waals surface area contributed by atoms with Gasteiger partial charge in [-0.1, -0.05) is 47.1 Å². The van der Waals surface area contributed by atoms with E-state index in [9.17, 15) is 9.18 Å². The Morgan fingerprint density at radius 3 is 2.78 bits per heavy atom. The first kappa shape index (κ1) is 18.0. The minimum Gasteiger partial charge on any atom is -0.390 e. The Kier molecular flexibility index (Phi) is 5.12. The molecule has 0 N–H and O–H groups in total. The van der Waals surface area contributed by atoms with E-state index < -0.39 is 0 Å². The summed E-state index contributed by atoms with van der Waals surface area (Å²) < 4.78 is 13.4. The highest BCUT2D eigenvalue weighted by molar-refractivity contribution is 6.31. The maximum Gasteiger partial charge on any atom is 0.226 e. The van der Waals surface area contributed by atoms with Crippen LogP contribution in [0.4, 0.5) is 4.39 Å². The molecule has 0 radical (unpaired) electrons. The molecule has 1 amide bonds. The largest absolute Gasteiger partial charge is 0.390 e. The first-order valence-corrected chi connectivity index (χ1v) is 9.49. The Morgan fingerprint density at radius 2 is 2.04 bits per heavy atom. The Hall–Kier alpha value is -2.40. The molecule has 1 heterocycles. The standard InChI is InChI=1S/C21H20ClFN2O2/c22-19-7-2-1-4-16(19)12-25(21(26)14-8-9-14)13-18-11-20(24-27-18)15-5-3-6-17(23)10-15/h1-7,10,14,18H,8-9,11-13H2/t18-/m1/s1. The number of oxime groups is 1. The average Bonchev–Trinajstić information content (AvgIpc) is 3.41. The fourth-order valence-corrected chi connectivity index (χ4v) is 3.46. The van der Waals surface area contributed by atoms with E-state index in [1.807, 2.05) is 35.2 Å². The van der Waals surface area contributed by atoms with Crippen molar-refractivity contribution in [2.45, 2.75) is 31.9 Å². The molecular formula is C21H20ClFN2O2. The molecule has 1 aliphatic carbocycles. The molecule has 27 heavy (non-hydrogen) atoms. The predicted molar refractivity (Wildman–Crippen MR) is 102 cm³/mol. The van der Waals surface area contributed by atoms with Gasteiger partial charge in [0.25, 0.3) is 0 Å². The molecule has 2 aromatic carbocycles. The van der Waals surface area contributed by atoms with Crippen LogP contribution in [-0.4, -0.2) is 29.2 Å². The lowest BCUT2D eigenvalue weighted by Crippen LogP contribution is -2.38. The zero-order chi connectivity index (χ0) is 18.8. The fourth-order valence-electron chi connectivity index (χ4n) is 3.26. The number of nitrogens with zero attached hydrogens (tertiary/aromatic N) is 2. The van der Waals surface area contributed by atoms with E-state index in [0.717, 1.165) is 18.4 Å². The summed E-state index contributed by atoms with van der Waals surface area (Å²) in [5.41, 5.74) is 2.33. The van der Waals surface area contributed by atoms with Gasteiger partial charge in [0.2, 0.25) is 5.91 Å². The van der Waals surface area contributed by atoms with Crippen LogP contribution in [0.5, 0.6) is 0 Å². The van der Waals surface area contributed by atoms with Crippen LogP contribution in [-0.2, 0) is 16.2 Å². The number of rotatable bonds is 6. The van der Waals surface area contributed by atoms with E-state index in [2.05, 4.69) is 5.16 Å². The third-order valence-electron chi connectivity index (χ3n) is 4.87. The molecule has 0 saturated heterocycles. The lowest BCUT2D eigenvalue weighted by Gasteiger charge is -2.25. The van der Waals surface area contributed by atoms with E-state index in [0.29, 0.717) is 35.8 Å². The molecule has 0 aromatic heterocycles. The molecule has 4 nitrogen and oxygen atoms in total. The minimum absolute atomic E-state index is 0.109. The van der Waals surface area contributed by atoms with Gasteiger partial charge < -0.3 is 9.74 Å². The molecular weight excluding hydrogens is 367 g/mol. The molecule has 140 valence electrons. The first-order chi connectivity index (χ1) is 13.1. The molecule has 0 unspecified atom stereocenters. The van der Waals surface area contributed by atoms with Crippen molar-refractivity contribution in [1.29, 1.82) is 0 Å². The van der Waals surface area contributed by atoms with Crippen molar-refractivity contribution < 1.29 is 14.0 Å². The maximum atomic E-state index is 13.4. The van der Waals surface area contributed by atoms with Gasteiger partial charge in [-0.3, -0.25) is 4.79 Å². The van der Waals surface area contributed by atoms with Crippen molar-refractivity contribution >= 4 is 23.2 Å². The summed E-state index contributed by atoms with van der Waals surface area (Å²) in [6.45, 7) is 0.882. The normalized spacial score (nSPS) is 18.7. The summed E-state index contributed by atoms with van der Waals surface area (Å²) in [5, 5.41) is 4.76. The Balaban J connectivity index is 1.45. The molecule has 1 atom stereocenters. The number of benzene rings is 2. The smallest absolute Gasteiger partial charge is 0.226 e. The molecule has 4 rings (SSSR count). The van der Waals surface area contributed by atoms with Gasteiger partial charge in [-0.05, 0) is 36.6 Å². The summed E-state index contributed by atoms with van der Waals surface area (Å²) in [6.07, 6.45) is 2.18. The van der Waals surface area contributed by atoms with Crippen LogP contribution in [0.25, 0.3) is 0 Å². The molecule has 2 aliphatic rings. The number of carbonyl (C=O) groups excluding carboxylic acids is 1. The van der Waals surface area contributed by atoms with Crippen molar-refractivity contribution in [3.63, 3.8) is 0 Å². The first-order valence-electron chi connectivity index (χ1n) is 9.11. The summed E-state index contributed by atoms with van der Waals surface area (Å²) in [7, 11) is 0. The van der Waals surface area contributed by atoms with Gasteiger partial charge in [-0.2, -0.15) is 0 Å². The minimum atomic E-state index is -0.303. The highest BCUT2D eigenvalue weighted by Crippen LogP contribution is 2.32. The van der Waals surface area contributed by atoms with Gasteiger partial charge in [0.05, 0.1) is 12.3 Å². The van der Waals surface area contributed by atoms with Crippen LogP contribution >= 0.6 is 11.6 Å². The summed E-state index contributed by atoms with van der Waals surface area (Å²) >= 11 is 6.28. The van der Waals surface area contributed by atoms with Crippen LogP contribution < -0.4 is 0 Å². The Bertz CT molecular complexity index is 882. The zero-order valence-electron chi connectivity index (χ0n) is 14.8. The maximum absolute atomic E-state index is 13.4. The quantitative estimate of drug-likeness (QED) is 0.737. The highest BCUT2D eigenvalue weighted by atomic mass is 35.5. The van der Waals surface area contributed by atoms with Crippen molar-refractivity contribution in [3.8, 4) is 0 Å². The van der Waals surface area contributed by atoms with Gasteiger partial charge in [-0.15, -0.1) is 0 Å². The summed E-state index contributed by atoms with van der Waals surface area (Å²) in [5.74, 6) is -0.0573.